The van der Waals surface area contributed by atoms with Crippen molar-refractivity contribution in [1.82, 2.24) is 34.9 Å². The van der Waals surface area contributed by atoms with E-state index in [2.05, 4.69) is 42.3 Å². The summed E-state index contributed by atoms with van der Waals surface area (Å²) in [6.45, 7) is 4.63. The Kier molecular flexibility index (Phi) is 3.38. The van der Waals surface area contributed by atoms with Gasteiger partial charge < -0.3 is 4.90 Å². The molecule has 118 valence electrons. The van der Waals surface area contributed by atoms with Gasteiger partial charge in [0.15, 0.2) is 11.5 Å². The van der Waals surface area contributed by atoms with Crippen LogP contribution in [0.25, 0.3) is 5.65 Å². The van der Waals surface area contributed by atoms with Crippen LogP contribution >= 0.6 is 0 Å². The summed E-state index contributed by atoms with van der Waals surface area (Å²) in [5, 5.41) is 20.8. The van der Waals surface area contributed by atoms with Crippen LogP contribution in [0, 0.1) is 6.92 Å². The van der Waals surface area contributed by atoms with E-state index in [0.717, 1.165) is 42.6 Å². The van der Waals surface area contributed by atoms with Crippen molar-refractivity contribution >= 4 is 11.5 Å². The van der Waals surface area contributed by atoms with E-state index in [1.807, 2.05) is 31.2 Å². The second-order valence-corrected chi connectivity index (χ2v) is 5.90. The molecule has 0 amide bonds. The van der Waals surface area contributed by atoms with Gasteiger partial charge in [-0.05, 0) is 38.2 Å². The predicted molar refractivity (Wildman–Crippen MR) is 85.0 cm³/mol. The number of rotatable bonds is 4. The third-order valence-electron chi connectivity index (χ3n) is 4.25. The Labute approximate surface area is 133 Å². The topological polar surface area (TPSA) is 75.3 Å². The van der Waals surface area contributed by atoms with Crippen LogP contribution in [0.4, 0.5) is 5.82 Å². The van der Waals surface area contributed by atoms with Crippen LogP contribution in [0.15, 0.2) is 30.5 Å². The van der Waals surface area contributed by atoms with Crippen LogP contribution in [0.2, 0.25) is 0 Å². The molecule has 23 heavy (non-hydrogen) atoms. The average molecular weight is 310 g/mol. The highest BCUT2D eigenvalue weighted by atomic mass is 15.4. The number of likely N-dealkylation sites (N-methyl/N-ethyl adjacent to an activating group) is 1. The maximum absolute atomic E-state index is 4.61. The molecule has 0 aromatic carbocycles. The van der Waals surface area contributed by atoms with Gasteiger partial charge in [-0.2, -0.15) is 14.7 Å². The van der Waals surface area contributed by atoms with Gasteiger partial charge >= 0.3 is 0 Å². The van der Waals surface area contributed by atoms with Crippen LogP contribution in [0.5, 0.6) is 0 Å². The molecule has 0 unspecified atom stereocenters. The molecule has 0 radical (unpaired) electrons. The smallest absolute Gasteiger partial charge is 0.178 e. The molecule has 1 fully saturated rings. The lowest BCUT2D eigenvalue weighted by molar-refractivity contribution is 0.194. The van der Waals surface area contributed by atoms with E-state index in [-0.39, 0.29) is 0 Å². The number of anilines is 1. The lowest BCUT2D eigenvalue weighted by atomic mass is 10.1. The fourth-order valence-electron chi connectivity index (χ4n) is 2.78. The summed E-state index contributed by atoms with van der Waals surface area (Å²) >= 11 is 0. The van der Waals surface area contributed by atoms with Crippen molar-refractivity contribution in [3.63, 3.8) is 0 Å². The quantitative estimate of drug-likeness (QED) is 0.696. The number of aromatic nitrogens is 6. The normalized spacial score (nSPS) is 15.3. The van der Waals surface area contributed by atoms with Gasteiger partial charge in [-0.15, -0.1) is 15.3 Å². The monoisotopic (exact) mass is 310 g/mol. The third-order valence-corrected chi connectivity index (χ3v) is 4.25. The van der Waals surface area contributed by atoms with E-state index >= 15 is 0 Å². The fourth-order valence-corrected chi connectivity index (χ4v) is 2.78. The maximum Gasteiger partial charge on any atom is 0.178 e. The molecule has 3 aromatic heterocycles. The molecular formula is C15H18N8. The lowest BCUT2D eigenvalue weighted by Crippen LogP contribution is -2.58. The Morgan fingerprint density at radius 3 is 2.83 bits per heavy atom. The molecule has 1 aliphatic rings. The van der Waals surface area contributed by atoms with Gasteiger partial charge in [0, 0.05) is 31.9 Å². The zero-order chi connectivity index (χ0) is 15.8. The largest absolute Gasteiger partial charge is 0.352 e. The number of hydrogen-bond acceptors (Lipinski definition) is 7. The Balaban J connectivity index is 1.41. The highest BCUT2D eigenvalue weighted by Crippen LogP contribution is 2.22. The molecule has 0 spiro atoms. The average Bonchev–Trinajstić information content (AvgIpc) is 2.88. The summed E-state index contributed by atoms with van der Waals surface area (Å²) < 4.78 is 1.78. The van der Waals surface area contributed by atoms with Crippen molar-refractivity contribution in [3.05, 3.63) is 42.0 Å². The zero-order valence-corrected chi connectivity index (χ0v) is 13.2. The standard InChI is InChI=1S/C15H18N8/c1-11-17-19-14-5-6-15(20-23(11)14)22-9-13(10-22)21(2)8-12-4-3-7-16-18-12/h3-7,13H,8-10H2,1-2H3. The molecule has 0 atom stereocenters. The third kappa shape index (κ3) is 2.61. The summed E-state index contributed by atoms with van der Waals surface area (Å²) in [6.07, 6.45) is 1.70. The van der Waals surface area contributed by atoms with Crippen molar-refractivity contribution < 1.29 is 0 Å². The van der Waals surface area contributed by atoms with Gasteiger partial charge in [-0.25, -0.2) is 0 Å². The highest BCUT2D eigenvalue weighted by Gasteiger charge is 2.31. The number of fused-ring (bicyclic) bond motifs is 1. The molecular weight excluding hydrogens is 292 g/mol. The Hall–Kier alpha value is -2.61. The first kappa shape index (κ1) is 14.0. The van der Waals surface area contributed by atoms with E-state index in [0.29, 0.717) is 6.04 Å². The zero-order valence-electron chi connectivity index (χ0n) is 13.2. The molecule has 1 aliphatic heterocycles. The number of nitrogens with zero attached hydrogens (tertiary/aromatic N) is 8. The first-order valence-electron chi connectivity index (χ1n) is 7.61. The summed E-state index contributed by atoms with van der Waals surface area (Å²) in [5.74, 6) is 1.77. The summed E-state index contributed by atoms with van der Waals surface area (Å²) in [7, 11) is 2.12. The molecule has 3 aromatic rings. The SMILES string of the molecule is Cc1nnc2ccc(N3CC(N(C)Cc4cccnn4)C3)nn12. The van der Waals surface area contributed by atoms with Crippen LogP contribution in [-0.4, -0.2) is 61.1 Å². The van der Waals surface area contributed by atoms with E-state index in [9.17, 15) is 0 Å². The van der Waals surface area contributed by atoms with Gasteiger partial charge in [0.05, 0.1) is 5.69 Å². The van der Waals surface area contributed by atoms with Crippen LogP contribution in [0.3, 0.4) is 0 Å². The first-order chi connectivity index (χ1) is 11.2. The summed E-state index contributed by atoms with van der Waals surface area (Å²) in [6, 6.07) is 8.38. The summed E-state index contributed by atoms with van der Waals surface area (Å²) in [4.78, 5) is 4.57. The van der Waals surface area contributed by atoms with E-state index < -0.39 is 0 Å². The van der Waals surface area contributed by atoms with Crippen molar-refractivity contribution in [1.29, 1.82) is 0 Å². The molecule has 4 rings (SSSR count). The molecule has 0 bridgehead atoms. The highest BCUT2D eigenvalue weighted by molar-refractivity contribution is 5.47. The molecule has 0 saturated carbocycles. The molecule has 0 N–H and O–H groups in total. The van der Waals surface area contributed by atoms with E-state index in [4.69, 9.17) is 0 Å². The number of hydrogen-bond donors (Lipinski definition) is 0. The predicted octanol–water partition coefficient (Wildman–Crippen LogP) is 0.543. The maximum atomic E-state index is 4.61. The Morgan fingerprint density at radius 2 is 2.04 bits per heavy atom. The second-order valence-electron chi connectivity index (χ2n) is 5.90. The molecule has 1 saturated heterocycles. The van der Waals surface area contributed by atoms with Crippen LogP contribution in [-0.2, 0) is 6.54 Å². The van der Waals surface area contributed by atoms with Gasteiger partial charge in [-0.1, -0.05) is 0 Å². The molecule has 0 aliphatic carbocycles. The Morgan fingerprint density at radius 1 is 1.17 bits per heavy atom. The minimum absolute atomic E-state index is 0.497. The van der Waals surface area contributed by atoms with Crippen molar-refractivity contribution in [2.45, 2.75) is 19.5 Å². The fraction of sp³-hybridized carbons (Fsp3) is 0.400. The Bertz CT molecular complexity index is 809. The van der Waals surface area contributed by atoms with Gasteiger partial charge in [-0.3, -0.25) is 4.90 Å². The van der Waals surface area contributed by atoms with Crippen molar-refractivity contribution in [2.75, 3.05) is 25.0 Å². The minimum Gasteiger partial charge on any atom is -0.352 e. The van der Waals surface area contributed by atoms with Crippen LogP contribution in [0.1, 0.15) is 11.5 Å². The van der Waals surface area contributed by atoms with E-state index in [1.165, 1.54) is 0 Å². The first-order valence-corrected chi connectivity index (χ1v) is 7.61. The summed E-state index contributed by atoms with van der Waals surface area (Å²) in [5.41, 5.74) is 1.77. The van der Waals surface area contributed by atoms with Gasteiger partial charge in [0.25, 0.3) is 0 Å². The van der Waals surface area contributed by atoms with Crippen molar-refractivity contribution in [2.24, 2.45) is 0 Å². The van der Waals surface area contributed by atoms with Gasteiger partial charge in [0.2, 0.25) is 0 Å². The van der Waals surface area contributed by atoms with Crippen molar-refractivity contribution in [3.8, 4) is 0 Å². The molecule has 8 heteroatoms. The van der Waals surface area contributed by atoms with Gasteiger partial charge in [0.1, 0.15) is 5.82 Å². The molecule has 8 nitrogen and oxygen atoms in total. The molecule has 4 heterocycles. The van der Waals surface area contributed by atoms with E-state index in [1.54, 1.807) is 10.7 Å². The number of aryl methyl sites for hydroxylation is 1. The second kappa shape index (κ2) is 5.54. The minimum atomic E-state index is 0.497. The van der Waals surface area contributed by atoms with Crippen LogP contribution < -0.4 is 4.90 Å². The lowest BCUT2D eigenvalue weighted by Gasteiger charge is -2.44.